The van der Waals surface area contributed by atoms with E-state index in [4.69, 9.17) is 4.74 Å². The molecule has 5 nitrogen and oxygen atoms in total. The molecule has 31 heavy (non-hydrogen) atoms. The van der Waals surface area contributed by atoms with Crippen molar-refractivity contribution in [3.05, 3.63) is 71.5 Å². The Balaban J connectivity index is 1.37. The lowest BCUT2D eigenvalue weighted by Gasteiger charge is -2.14. The average molecular weight is 453 g/mol. The SMILES string of the molecule is Fc1ccc(-c2nnc(SCc3cnc(-c4ccccc4)s3)n2C[C@@H]2CCCO2)cc1. The summed E-state index contributed by atoms with van der Waals surface area (Å²) in [5.74, 6) is 1.24. The van der Waals surface area contributed by atoms with Crippen LogP contribution in [0, 0.1) is 5.82 Å². The highest BCUT2D eigenvalue weighted by molar-refractivity contribution is 7.98. The maximum Gasteiger partial charge on any atom is 0.191 e. The second kappa shape index (κ2) is 9.30. The van der Waals surface area contributed by atoms with Gasteiger partial charge in [-0.1, -0.05) is 42.1 Å². The van der Waals surface area contributed by atoms with Gasteiger partial charge in [0.05, 0.1) is 12.6 Å². The van der Waals surface area contributed by atoms with Crippen LogP contribution >= 0.6 is 23.1 Å². The number of nitrogens with zero attached hydrogens (tertiary/aromatic N) is 4. The zero-order valence-corrected chi connectivity index (χ0v) is 18.4. The number of hydrogen-bond acceptors (Lipinski definition) is 6. The van der Waals surface area contributed by atoms with Crippen molar-refractivity contribution in [1.82, 2.24) is 19.7 Å². The molecule has 158 valence electrons. The standard InChI is InChI=1S/C23H21FN4OS2/c24-18-10-8-16(9-11-18)21-26-27-23(28(21)14-19-7-4-12-29-19)30-15-20-13-25-22(31-20)17-5-2-1-3-6-17/h1-3,5-6,8-11,13,19H,4,7,12,14-15H2/t19-/m0/s1. The van der Waals surface area contributed by atoms with Gasteiger partial charge in [-0.25, -0.2) is 9.37 Å². The number of ether oxygens (including phenoxy) is 1. The topological polar surface area (TPSA) is 52.8 Å². The van der Waals surface area contributed by atoms with Crippen molar-refractivity contribution in [2.45, 2.75) is 36.4 Å². The lowest BCUT2D eigenvalue weighted by atomic mass is 10.2. The third kappa shape index (κ3) is 4.71. The second-order valence-corrected chi connectivity index (χ2v) is 9.40. The number of rotatable bonds is 7. The van der Waals surface area contributed by atoms with Gasteiger partial charge in [-0.05, 0) is 37.1 Å². The van der Waals surface area contributed by atoms with Gasteiger partial charge in [-0.2, -0.15) is 0 Å². The molecule has 0 bridgehead atoms. The molecule has 5 rings (SSSR count). The van der Waals surface area contributed by atoms with E-state index in [1.54, 1.807) is 35.2 Å². The van der Waals surface area contributed by atoms with Crippen molar-refractivity contribution >= 4 is 23.1 Å². The minimum Gasteiger partial charge on any atom is -0.376 e. The molecule has 1 aliphatic heterocycles. The summed E-state index contributed by atoms with van der Waals surface area (Å²) in [4.78, 5) is 5.75. The second-order valence-electron chi connectivity index (χ2n) is 7.35. The molecule has 0 spiro atoms. The van der Waals surface area contributed by atoms with Crippen LogP contribution in [0.1, 0.15) is 17.7 Å². The first-order chi connectivity index (χ1) is 15.3. The largest absolute Gasteiger partial charge is 0.376 e. The molecular formula is C23H21FN4OS2. The first kappa shape index (κ1) is 20.4. The van der Waals surface area contributed by atoms with Crippen LogP contribution in [0.3, 0.4) is 0 Å². The Morgan fingerprint density at radius 3 is 2.68 bits per heavy atom. The van der Waals surface area contributed by atoms with Gasteiger partial charge in [0.2, 0.25) is 0 Å². The fraction of sp³-hybridized carbons (Fsp3) is 0.261. The molecule has 1 saturated heterocycles. The summed E-state index contributed by atoms with van der Waals surface area (Å²) in [5, 5.41) is 10.7. The molecule has 2 aromatic heterocycles. The molecule has 1 aliphatic rings. The van der Waals surface area contributed by atoms with Crippen LogP contribution in [-0.4, -0.2) is 32.5 Å². The van der Waals surface area contributed by atoms with E-state index in [2.05, 4.69) is 31.9 Å². The average Bonchev–Trinajstić information content (AvgIpc) is 3.56. The quantitative estimate of drug-likeness (QED) is 0.338. The van der Waals surface area contributed by atoms with Gasteiger partial charge in [-0.3, -0.25) is 4.57 Å². The monoisotopic (exact) mass is 452 g/mol. The van der Waals surface area contributed by atoms with Crippen molar-refractivity contribution < 1.29 is 9.13 Å². The van der Waals surface area contributed by atoms with Crippen LogP contribution in [0.25, 0.3) is 22.0 Å². The lowest BCUT2D eigenvalue weighted by Crippen LogP contribution is -2.16. The Hall–Kier alpha value is -2.55. The normalized spacial score (nSPS) is 16.1. The zero-order valence-electron chi connectivity index (χ0n) is 16.8. The van der Waals surface area contributed by atoms with Crippen molar-refractivity contribution in [1.29, 1.82) is 0 Å². The summed E-state index contributed by atoms with van der Waals surface area (Å²) in [6.45, 7) is 1.49. The maximum absolute atomic E-state index is 13.4. The van der Waals surface area contributed by atoms with Gasteiger partial charge in [0, 0.05) is 34.6 Å². The minimum atomic E-state index is -0.261. The summed E-state index contributed by atoms with van der Waals surface area (Å²) in [5.41, 5.74) is 1.98. The summed E-state index contributed by atoms with van der Waals surface area (Å²) in [6.07, 6.45) is 4.19. The van der Waals surface area contributed by atoms with Crippen LogP contribution in [0.4, 0.5) is 4.39 Å². The van der Waals surface area contributed by atoms with Gasteiger partial charge in [0.15, 0.2) is 11.0 Å². The Kier molecular flexibility index (Phi) is 6.11. The molecule has 0 amide bonds. The van der Waals surface area contributed by atoms with Gasteiger partial charge in [0.25, 0.3) is 0 Å². The fourth-order valence-electron chi connectivity index (χ4n) is 3.59. The first-order valence-electron chi connectivity index (χ1n) is 10.2. The van der Waals surface area contributed by atoms with Gasteiger partial charge < -0.3 is 4.74 Å². The molecule has 0 unspecified atom stereocenters. The summed E-state index contributed by atoms with van der Waals surface area (Å²) < 4.78 is 21.4. The Bertz CT molecular complexity index is 1140. The molecule has 0 N–H and O–H groups in total. The Labute approximate surface area is 188 Å². The number of thioether (sulfide) groups is 1. The highest BCUT2D eigenvalue weighted by Gasteiger charge is 2.22. The summed E-state index contributed by atoms with van der Waals surface area (Å²) in [6, 6.07) is 16.6. The van der Waals surface area contributed by atoms with Crippen molar-refractivity contribution in [3.8, 4) is 22.0 Å². The third-order valence-electron chi connectivity index (χ3n) is 5.15. The van der Waals surface area contributed by atoms with Crippen LogP contribution in [0.5, 0.6) is 0 Å². The minimum absolute atomic E-state index is 0.155. The number of aromatic nitrogens is 4. The van der Waals surface area contributed by atoms with Gasteiger partial charge >= 0.3 is 0 Å². The highest BCUT2D eigenvalue weighted by atomic mass is 32.2. The molecule has 0 saturated carbocycles. The molecule has 0 aliphatic carbocycles. The number of benzene rings is 2. The van der Waals surface area contributed by atoms with Crippen molar-refractivity contribution in [3.63, 3.8) is 0 Å². The first-order valence-corrected chi connectivity index (χ1v) is 12.0. The van der Waals surface area contributed by atoms with Crippen LogP contribution in [0.15, 0.2) is 66.0 Å². The third-order valence-corrected chi connectivity index (χ3v) is 7.39. The maximum atomic E-state index is 13.4. The smallest absolute Gasteiger partial charge is 0.191 e. The van der Waals surface area contributed by atoms with E-state index < -0.39 is 0 Å². The van der Waals surface area contributed by atoms with Gasteiger partial charge in [-0.15, -0.1) is 21.5 Å². The Morgan fingerprint density at radius 2 is 1.90 bits per heavy atom. The van der Waals surface area contributed by atoms with Crippen molar-refractivity contribution in [2.24, 2.45) is 0 Å². The van der Waals surface area contributed by atoms with Gasteiger partial charge in [0.1, 0.15) is 10.8 Å². The fourth-order valence-corrected chi connectivity index (χ4v) is 5.48. The van der Waals surface area contributed by atoms with E-state index in [9.17, 15) is 4.39 Å². The van der Waals surface area contributed by atoms with E-state index in [0.29, 0.717) is 6.54 Å². The molecule has 0 radical (unpaired) electrons. The van der Waals surface area contributed by atoms with Crippen LogP contribution < -0.4 is 0 Å². The van der Waals surface area contributed by atoms with E-state index in [1.807, 2.05) is 24.4 Å². The van der Waals surface area contributed by atoms with Crippen molar-refractivity contribution in [2.75, 3.05) is 6.61 Å². The molecule has 1 atom stereocenters. The number of halogens is 1. The summed E-state index contributed by atoms with van der Waals surface area (Å²) >= 11 is 3.33. The predicted octanol–water partition coefficient (Wildman–Crippen LogP) is 5.68. The van der Waals surface area contributed by atoms with Crippen LogP contribution in [0.2, 0.25) is 0 Å². The number of hydrogen-bond donors (Lipinski definition) is 0. The Morgan fingerprint density at radius 1 is 1.06 bits per heavy atom. The van der Waals surface area contributed by atoms with E-state index in [-0.39, 0.29) is 11.9 Å². The van der Waals surface area contributed by atoms with E-state index in [1.165, 1.54) is 17.0 Å². The predicted molar refractivity (Wildman–Crippen MR) is 122 cm³/mol. The molecule has 4 aromatic rings. The molecule has 2 aromatic carbocycles. The zero-order chi connectivity index (χ0) is 21.0. The molecule has 3 heterocycles. The lowest BCUT2D eigenvalue weighted by molar-refractivity contribution is 0.0953. The van der Waals surface area contributed by atoms with E-state index in [0.717, 1.165) is 52.3 Å². The molecule has 8 heteroatoms. The highest BCUT2D eigenvalue weighted by Crippen LogP contribution is 2.32. The summed E-state index contributed by atoms with van der Waals surface area (Å²) in [7, 11) is 0. The number of thiazole rings is 1. The molecule has 1 fully saturated rings. The van der Waals surface area contributed by atoms with E-state index >= 15 is 0 Å². The van der Waals surface area contributed by atoms with Crippen LogP contribution in [-0.2, 0) is 17.0 Å². The molecular weight excluding hydrogens is 431 g/mol.